The van der Waals surface area contributed by atoms with Crippen molar-refractivity contribution in [1.29, 1.82) is 0 Å². The van der Waals surface area contributed by atoms with Crippen LogP contribution in [-0.2, 0) is 4.79 Å². The Kier molecular flexibility index (Phi) is 5.44. The first-order valence-electron chi connectivity index (χ1n) is 9.37. The minimum absolute atomic E-state index is 0.153. The third kappa shape index (κ3) is 3.71. The zero-order valence-corrected chi connectivity index (χ0v) is 16.9. The highest BCUT2D eigenvalue weighted by molar-refractivity contribution is 6.01. The van der Waals surface area contributed by atoms with Crippen LogP contribution in [0, 0.1) is 17.5 Å². The van der Waals surface area contributed by atoms with Crippen LogP contribution >= 0.6 is 0 Å². The maximum Gasteiger partial charge on any atom is 0.344 e. The molecule has 0 amide bonds. The molecule has 0 aliphatic carbocycles. The van der Waals surface area contributed by atoms with Gasteiger partial charge >= 0.3 is 11.6 Å². The van der Waals surface area contributed by atoms with Gasteiger partial charge in [-0.3, -0.25) is 4.79 Å². The van der Waals surface area contributed by atoms with E-state index in [-0.39, 0.29) is 22.5 Å². The number of ether oxygens (including phenoxy) is 2. The van der Waals surface area contributed by atoms with Crippen molar-refractivity contribution in [2.45, 2.75) is 6.92 Å². The van der Waals surface area contributed by atoms with Crippen molar-refractivity contribution < 1.29 is 31.9 Å². The highest BCUT2D eigenvalue weighted by Crippen LogP contribution is 2.39. The Morgan fingerprint density at radius 2 is 1.56 bits per heavy atom. The van der Waals surface area contributed by atoms with Crippen molar-refractivity contribution >= 4 is 16.9 Å². The summed E-state index contributed by atoms with van der Waals surface area (Å²) >= 11 is 0. The number of fused-ring (bicyclic) bond motifs is 1. The number of hydrogen-bond donors (Lipinski definition) is 0. The normalized spacial score (nSPS) is 10.9. The number of methoxy groups -OCH3 is 1. The lowest BCUT2D eigenvalue weighted by Gasteiger charge is -2.14. The molecule has 0 saturated heterocycles. The fourth-order valence-corrected chi connectivity index (χ4v) is 3.43. The predicted molar refractivity (Wildman–Crippen MR) is 111 cm³/mol. The Bertz CT molecular complexity index is 1410. The van der Waals surface area contributed by atoms with Gasteiger partial charge in [-0.25, -0.2) is 18.0 Å². The number of carbonyl (C=O) groups is 1. The first-order valence-corrected chi connectivity index (χ1v) is 9.37. The van der Waals surface area contributed by atoms with Gasteiger partial charge < -0.3 is 13.9 Å². The Hall–Kier alpha value is -4.07. The molecule has 0 saturated carbocycles. The quantitative estimate of drug-likeness (QED) is 0.182. The summed E-state index contributed by atoms with van der Waals surface area (Å²) in [4.78, 5) is 24.1. The van der Waals surface area contributed by atoms with Crippen LogP contribution in [0.3, 0.4) is 0 Å². The SMILES string of the molecule is COc1ccc2c(-c3ccc(OC(C)=O)cc3)c(-c3ccc(F)c(F)c3F)c(=O)oc2c1. The van der Waals surface area contributed by atoms with Crippen molar-refractivity contribution in [3.63, 3.8) is 0 Å². The van der Waals surface area contributed by atoms with E-state index in [9.17, 15) is 22.8 Å². The second-order valence-electron chi connectivity index (χ2n) is 6.84. The van der Waals surface area contributed by atoms with Crippen LogP contribution in [0.1, 0.15) is 6.92 Å². The lowest BCUT2D eigenvalue weighted by atomic mass is 9.92. The minimum Gasteiger partial charge on any atom is -0.497 e. The molecule has 0 radical (unpaired) electrons. The van der Waals surface area contributed by atoms with Crippen LogP contribution in [0.5, 0.6) is 11.5 Å². The zero-order valence-electron chi connectivity index (χ0n) is 16.9. The maximum atomic E-state index is 14.7. The second kappa shape index (κ2) is 8.22. The highest BCUT2D eigenvalue weighted by Gasteiger charge is 2.24. The molecule has 1 heterocycles. The molecule has 3 aromatic carbocycles. The van der Waals surface area contributed by atoms with Gasteiger partial charge in [-0.1, -0.05) is 12.1 Å². The third-order valence-electron chi connectivity index (χ3n) is 4.82. The number of hydrogen-bond acceptors (Lipinski definition) is 5. The van der Waals surface area contributed by atoms with Crippen molar-refractivity contribution in [2.75, 3.05) is 7.11 Å². The Morgan fingerprint density at radius 3 is 2.22 bits per heavy atom. The monoisotopic (exact) mass is 440 g/mol. The number of carbonyl (C=O) groups excluding carboxylic acids is 1. The molecule has 32 heavy (non-hydrogen) atoms. The van der Waals surface area contributed by atoms with Gasteiger partial charge in [0, 0.05) is 29.5 Å². The van der Waals surface area contributed by atoms with Crippen LogP contribution in [0.2, 0.25) is 0 Å². The lowest BCUT2D eigenvalue weighted by molar-refractivity contribution is -0.131. The number of benzene rings is 3. The minimum atomic E-state index is -1.70. The van der Waals surface area contributed by atoms with Crippen LogP contribution in [0.15, 0.2) is 63.8 Å². The largest absolute Gasteiger partial charge is 0.497 e. The first-order chi connectivity index (χ1) is 15.3. The smallest absolute Gasteiger partial charge is 0.344 e. The lowest BCUT2D eigenvalue weighted by Crippen LogP contribution is -2.09. The molecule has 162 valence electrons. The average molecular weight is 440 g/mol. The number of esters is 1. The van der Waals surface area contributed by atoms with Crippen LogP contribution in [0.4, 0.5) is 13.2 Å². The zero-order chi connectivity index (χ0) is 23.0. The van der Waals surface area contributed by atoms with Gasteiger partial charge in [0.05, 0.1) is 12.7 Å². The molecule has 0 spiro atoms. The molecule has 8 heteroatoms. The van der Waals surface area contributed by atoms with E-state index in [4.69, 9.17) is 13.9 Å². The molecule has 0 unspecified atom stereocenters. The summed E-state index contributed by atoms with van der Waals surface area (Å²) in [5.74, 6) is -4.43. The summed E-state index contributed by atoms with van der Waals surface area (Å²) in [6.07, 6.45) is 0. The van der Waals surface area contributed by atoms with E-state index < -0.39 is 34.6 Å². The summed E-state index contributed by atoms with van der Waals surface area (Å²) in [6, 6.07) is 12.5. The molecule has 4 aromatic rings. The van der Waals surface area contributed by atoms with Crippen LogP contribution in [0.25, 0.3) is 33.2 Å². The summed E-state index contributed by atoms with van der Waals surface area (Å²) < 4.78 is 57.7. The van der Waals surface area contributed by atoms with Gasteiger partial charge in [0.15, 0.2) is 17.5 Å². The summed E-state index contributed by atoms with van der Waals surface area (Å²) in [5.41, 5.74) is -0.857. The molecule has 4 rings (SSSR count). The van der Waals surface area contributed by atoms with Gasteiger partial charge in [0.1, 0.15) is 17.1 Å². The molecule has 0 atom stereocenters. The molecule has 5 nitrogen and oxygen atoms in total. The molecule has 0 bridgehead atoms. The second-order valence-corrected chi connectivity index (χ2v) is 6.84. The predicted octanol–water partition coefficient (Wildman–Crippen LogP) is 5.48. The van der Waals surface area contributed by atoms with Gasteiger partial charge in [0.2, 0.25) is 0 Å². The molecular weight excluding hydrogens is 425 g/mol. The van der Waals surface area contributed by atoms with Gasteiger partial charge in [-0.2, -0.15) is 0 Å². The van der Waals surface area contributed by atoms with Crippen molar-refractivity contribution in [3.05, 3.63) is 82.5 Å². The van der Waals surface area contributed by atoms with Crippen molar-refractivity contribution in [1.82, 2.24) is 0 Å². The Labute approximate surface area is 179 Å². The van der Waals surface area contributed by atoms with E-state index in [1.54, 1.807) is 24.3 Å². The number of halogens is 3. The Balaban J connectivity index is 2.06. The van der Waals surface area contributed by atoms with Gasteiger partial charge in [-0.05, 0) is 42.0 Å². The Morgan fingerprint density at radius 1 is 0.875 bits per heavy atom. The highest BCUT2D eigenvalue weighted by atomic mass is 19.2. The van der Waals surface area contributed by atoms with Crippen LogP contribution < -0.4 is 15.1 Å². The molecule has 0 aliphatic heterocycles. The summed E-state index contributed by atoms with van der Waals surface area (Å²) in [7, 11) is 1.44. The van der Waals surface area contributed by atoms with E-state index in [0.717, 1.165) is 12.1 Å². The van der Waals surface area contributed by atoms with Gasteiger partial charge in [-0.15, -0.1) is 0 Å². The van der Waals surface area contributed by atoms with E-state index in [0.29, 0.717) is 16.7 Å². The van der Waals surface area contributed by atoms with E-state index in [1.165, 1.54) is 32.2 Å². The standard InChI is InChI=1S/C24H15F3O5/c1-12(28)31-14-5-3-13(4-6-14)20-16-8-7-15(30-2)11-19(16)32-24(29)21(20)17-9-10-18(25)23(27)22(17)26/h3-11H,1-2H3. The number of rotatable bonds is 4. The summed E-state index contributed by atoms with van der Waals surface area (Å²) in [5, 5.41) is 0.407. The average Bonchev–Trinajstić information content (AvgIpc) is 2.77. The summed E-state index contributed by atoms with van der Waals surface area (Å²) in [6.45, 7) is 1.25. The molecule has 0 fully saturated rings. The molecule has 0 N–H and O–H groups in total. The fraction of sp³-hybridized carbons (Fsp3) is 0.0833. The maximum absolute atomic E-state index is 14.7. The van der Waals surface area contributed by atoms with E-state index in [1.807, 2.05) is 0 Å². The topological polar surface area (TPSA) is 65.7 Å². The van der Waals surface area contributed by atoms with Gasteiger partial charge in [0.25, 0.3) is 0 Å². The van der Waals surface area contributed by atoms with Crippen LogP contribution in [-0.4, -0.2) is 13.1 Å². The van der Waals surface area contributed by atoms with Crippen molar-refractivity contribution in [3.8, 4) is 33.8 Å². The molecule has 1 aromatic heterocycles. The third-order valence-corrected chi connectivity index (χ3v) is 4.82. The first kappa shape index (κ1) is 21.2. The fourth-order valence-electron chi connectivity index (χ4n) is 3.43. The molecule has 0 aliphatic rings. The van der Waals surface area contributed by atoms with E-state index in [2.05, 4.69) is 0 Å². The van der Waals surface area contributed by atoms with Crippen molar-refractivity contribution in [2.24, 2.45) is 0 Å². The van der Waals surface area contributed by atoms with E-state index >= 15 is 0 Å². The molecular formula is C24H15F3O5.